The monoisotopic (exact) mass is 263 g/mol. The normalized spacial score (nSPS) is 19.1. The Bertz CT molecular complexity index is 528. The van der Waals surface area contributed by atoms with Gasteiger partial charge in [-0.05, 0) is 19.1 Å². The van der Waals surface area contributed by atoms with E-state index in [0.29, 0.717) is 5.82 Å². The van der Waals surface area contributed by atoms with Crippen LogP contribution in [-0.2, 0) is 9.59 Å². The van der Waals surface area contributed by atoms with E-state index in [1.54, 1.807) is 20.0 Å². The highest BCUT2D eigenvalue weighted by atomic mass is 16.2. The summed E-state index contributed by atoms with van der Waals surface area (Å²) in [5, 5.41) is 12.5. The van der Waals surface area contributed by atoms with Crippen molar-refractivity contribution in [2.75, 3.05) is 18.9 Å². The molecule has 0 saturated carbocycles. The van der Waals surface area contributed by atoms with Crippen LogP contribution < -0.4 is 10.6 Å². The molecule has 2 rings (SSSR count). The van der Waals surface area contributed by atoms with Crippen molar-refractivity contribution in [2.45, 2.75) is 13.0 Å². The predicted molar refractivity (Wildman–Crippen MR) is 65.2 cm³/mol. The minimum Gasteiger partial charge on any atom is -0.372 e. The highest BCUT2D eigenvalue weighted by Gasteiger charge is 2.34. The maximum absolute atomic E-state index is 12.2. The van der Waals surface area contributed by atoms with Crippen LogP contribution in [0.15, 0.2) is 12.1 Å². The Morgan fingerprint density at radius 2 is 2.16 bits per heavy atom. The van der Waals surface area contributed by atoms with Crippen LogP contribution in [0.3, 0.4) is 0 Å². The number of hydrogen-bond donors (Lipinski definition) is 2. The highest BCUT2D eigenvalue weighted by Crippen LogP contribution is 2.10. The van der Waals surface area contributed by atoms with E-state index in [-0.39, 0.29) is 12.2 Å². The van der Waals surface area contributed by atoms with Crippen LogP contribution in [0.4, 0.5) is 5.82 Å². The summed E-state index contributed by atoms with van der Waals surface area (Å²) < 4.78 is 0. The third-order valence-electron chi connectivity index (χ3n) is 2.82. The number of piperazine rings is 1. The number of anilines is 1. The van der Waals surface area contributed by atoms with E-state index in [2.05, 4.69) is 20.8 Å². The number of nitrogens with one attached hydrogen (secondary N) is 2. The molecule has 0 aromatic carbocycles. The zero-order valence-electron chi connectivity index (χ0n) is 10.5. The summed E-state index contributed by atoms with van der Waals surface area (Å²) in [5.74, 6) is -0.969. The standard InChI is InChI=1S/C11H13N5O3/c1-6-10(18)13-9(17)5-16(6)11(19)7-3-4-8(12-2)15-14-7/h3-4,6H,5H2,1-2H3,(H,12,15)(H,13,17,18). The molecule has 2 N–H and O–H groups in total. The lowest BCUT2D eigenvalue weighted by Crippen LogP contribution is -2.58. The van der Waals surface area contributed by atoms with Gasteiger partial charge in [0.1, 0.15) is 18.4 Å². The van der Waals surface area contributed by atoms with Gasteiger partial charge in [0, 0.05) is 7.05 Å². The smallest absolute Gasteiger partial charge is 0.275 e. The molecule has 0 radical (unpaired) electrons. The van der Waals surface area contributed by atoms with Gasteiger partial charge in [0.05, 0.1) is 0 Å². The van der Waals surface area contributed by atoms with Gasteiger partial charge < -0.3 is 10.2 Å². The molecule has 1 aromatic heterocycles. The number of nitrogens with zero attached hydrogens (tertiary/aromatic N) is 3. The summed E-state index contributed by atoms with van der Waals surface area (Å²) in [6.45, 7) is 1.39. The number of aromatic nitrogens is 2. The first-order chi connectivity index (χ1) is 9.02. The first-order valence-electron chi connectivity index (χ1n) is 5.69. The summed E-state index contributed by atoms with van der Waals surface area (Å²) in [7, 11) is 1.68. The number of carbonyl (C=O) groups is 3. The molecule has 0 aliphatic carbocycles. The molecular weight excluding hydrogens is 250 g/mol. The van der Waals surface area contributed by atoms with Crippen molar-refractivity contribution in [1.82, 2.24) is 20.4 Å². The van der Waals surface area contributed by atoms with Crippen molar-refractivity contribution >= 4 is 23.5 Å². The van der Waals surface area contributed by atoms with Crippen molar-refractivity contribution in [3.8, 4) is 0 Å². The highest BCUT2D eigenvalue weighted by molar-refractivity contribution is 6.06. The SMILES string of the molecule is CNc1ccc(C(=O)N2CC(=O)NC(=O)C2C)nn1. The lowest BCUT2D eigenvalue weighted by Gasteiger charge is -2.31. The zero-order chi connectivity index (χ0) is 14.0. The van der Waals surface area contributed by atoms with E-state index in [4.69, 9.17) is 0 Å². The van der Waals surface area contributed by atoms with Crippen LogP contribution in [0.25, 0.3) is 0 Å². The molecule has 1 saturated heterocycles. The van der Waals surface area contributed by atoms with Crippen molar-refractivity contribution < 1.29 is 14.4 Å². The Morgan fingerprint density at radius 1 is 1.42 bits per heavy atom. The molecule has 2 heterocycles. The largest absolute Gasteiger partial charge is 0.372 e. The van der Waals surface area contributed by atoms with Crippen LogP contribution in [0.5, 0.6) is 0 Å². The molecule has 100 valence electrons. The molecule has 1 aliphatic rings. The number of amides is 3. The average molecular weight is 263 g/mol. The third kappa shape index (κ3) is 2.51. The molecular formula is C11H13N5O3. The summed E-state index contributed by atoms with van der Waals surface area (Å²) in [6, 6.07) is 2.37. The molecule has 0 bridgehead atoms. The lowest BCUT2D eigenvalue weighted by atomic mass is 10.2. The van der Waals surface area contributed by atoms with Crippen LogP contribution in [-0.4, -0.2) is 52.5 Å². The van der Waals surface area contributed by atoms with E-state index < -0.39 is 23.8 Å². The average Bonchev–Trinajstić information content (AvgIpc) is 2.42. The Morgan fingerprint density at radius 3 is 2.74 bits per heavy atom. The van der Waals surface area contributed by atoms with Gasteiger partial charge in [-0.15, -0.1) is 10.2 Å². The fourth-order valence-corrected chi connectivity index (χ4v) is 1.69. The first-order valence-corrected chi connectivity index (χ1v) is 5.69. The fraction of sp³-hybridized carbons (Fsp3) is 0.364. The summed E-state index contributed by atoms with van der Waals surface area (Å²) in [5.41, 5.74) is 0.0911. The molecule has 1 aromatic rings. The molecule has 1 unspecified atom stereocenters. The second kappa shape index (κ2) is 5.01. The third-order valence-corrected chi connectivity index (χ3v) is 2.82. The predicted octanol–water partition coefficient (Wildman–Crippen LogP) is -0.995. The second-order valence-corrected chi connectivity index (χ2v) is 4.08. The molecule has 1 aliphatic heterocycles. The van der Waals surface area contributed by atoms with Crippen molar-refractivity contribution in [3.63, 3.8) is 0 Å². The maximum Gasteiger partial charge on any atom is 0.275 e. The van der Waals surface area contributed by atoms with Crippen molar-refractivity contribution in [1.29, 1.82) is 0 Å². The quantitative estimate of drug-likeness (QED) is 0.664. The van der Waals surface area contributed by atoms with Gasteiger partial charge in [0.25, 0.3) is 5.91 Å². The topological polar surface area (TPSA) is 104 Å². The van der Waals surface area contributed by atoms with Crippen LogP contribution in [0.1, 0.15) is 17.4 Å². The van der Waals surface area contributed by atoms with Gasteiger partial charge in [-0.25, -0.2) is 0 Å². The van der Waals surface area contributed by atoms with Gasteiger partial charge in [0.15, 0.2) is 5.69 Å². The minimum absolute atomic E-state index is 0.0911. The Labute approximate surface area is 109 Å². The fourth-order valence-electron chi connectivity index (χ4n) is 1.69. The number of rotatable bonds is 2. The molecule has 3 amide bonds. The Hall–Kier alpha value is -2.51. The summed E-state index contributed by atoms with van der Waals surface area (Å²) in [4.78, 5) is 36.1. The van der Waals surface area contributed by atoms with Gasteiger partial charge in [-0.3, -0.25) is 19.7 Å². The van der Waals surface area contributed by atoms with Gasteiger partial charge >= 0.3 is 0 Å². The number of imide groups is 1. The van der Waals surface area contributed by atoms with Gasteiger partial charge in [0.2, 0.25) is 11.8 Å². The Balaban J connectivity index is 2.22. The molecule has 8 heteroatoms. The minimum atomic E-state index is -0.712. The van der Waals surface area contributed by atoms with E-state index in [0.717, 1.165) is 0 Å². The molecule has 8 nitrogen and oxygen atoms in total. The lowest BCUT2D eigenvalue weighted by molar-refractivity contribution is -0.138. The second-order valence-electron chi connectivity index (χ2n) is 4.08. The van der Waals surface area contributed by atoms with Gasteiger partial charge in [-0.1, -0.05) is 0 Å². The van der Waals surface area contributed by atoms with Crippen molar-refractivity contribution in [2.24, 2.45) is 0 Å². The summed E-state index contributed by atoms with van der Waals surface area (Å²) in [6.07, 6.45) is 0. The van der Waals surface area contributed by atoms with Gasteiger partial charge in [-0.2, -0.15) is 0 Å². The van der Waals surface area contributed by atoms with E-state index in [9.17, 15) is 14.4 Å². The Kier molecular flexibility index (Phi) is 3.41. The van der Waals surface area contributed by atoms with Crippen LogP contribution in [0, 0.1) is 0 Å². The van der Waals surface area contributed by atoms with Crippen LogP contribution in [0.2, 0.25) is 0 Å². The first kappa shape index (κ1) is 12.9. The number of carbonyl (C=O) groups excluding carboxylic acids is 3. The maximum atomic E-state index is 12.2. The van der Waals surface area contributed by atoms with E-state index in [1.165, 1.54) is 11.0 Å². The molecule has 0 spiro atoms. The van der Waals surface area contributed by atoms with E-state index in [1.807, 2.05) is 0 Å². The molecule has 1 atom stereocenters. The molecule has 1 fully saturated rings. The zero-order valence-corrected chi connectivity index (χ0v) is 10.5. The summed E-state index contributed by atoms with van der Waals surface area (Å²) >= 11 is 0. The van der Waals surface area contributed by atoms with Crippen LogP contribution >= 0.6 is 0 Å². The van der Waals surface area contributed by atoms with E-state index >= 15 is 0 Å². The number of hydrogen-bond acceptors (Lipinski definition) is 6. The molecule has 19 heavy (non-hydrogen) atoms. The van der Waals surface area contributed by atoms with Crippen molar-refractivity contribution in [3.05, 3.63) is 17.8 Å².